The maximum absolute atomic E-state index is 9.83. The van der Waals surface area contributed by atoms with Gasteiger partial charge in [-0.25, -0.2) is 4.98 Å². The van der Waals surface area contributed by atoms with E-state index in [0.717, 1.165) is 19.3 Å². The van der Waals surface area contributed by atoms with Crippen molar-refractivity contribution in [2.75, 3.05) is 17.6 Å². The highest BCUT2D eigenvalue weighted by Gasteiger charge is 2.22. The lowest BCUT2D eigenvalue weighted by Crippen LogP contribution is -2.30. The average Bonchev–Trinajstić information content (AvgIpc) is 2.27. The number of aromatic nitrogens is 2. The molecule has 4 N–H and O–H groups in total. The number of rotatable bonds is 3. The molecule has 1 heterocycles. The second-order valence-electron chi connectivity index (χ2n) is 4.43. The normalized spacial score (nSPS) is 24.6. The molecule has 5 nitrogen and oxygen atoms in total. The van der Waals surface area contributed by atoms with Gasteiger partial charge < -0.3 is 16.2 Å². The Hall–Kier alpha value is -1.07. The Kier molecular flexibility index (Phi) is 4.02. The maximum Gasteiger partial charge on any atom is 0.223 e. The number of nitrogens with zero attached hydrogens (tertiary/aromatic N) is 2. The predicted octanol–water partition coefficient (Wildman–Crippen LogP) is 1.68. The number of nitrogen functional groups attached to an aromatic ring is 1. The topological polar surface area (TPSA) is 84.1 Å². The van der Waals surface area contributed by atoms with Crippen LogP contribution in [0.3, 0.4) is 0 Å². The van der Waals surface area contributed by atoms with Crippen LogP contribution in [0.15, 0.2) is 6.07 Å². The van der Waals surface area contributed by atoms with E-state index >= 15 is 0 Å². The lowest BCUT2D eigenvalue weighted by atomic mass is 9.86. The summed E-state index contributed by atoms with van der Waals surface area (Å²) >= 11 is 5.78. The summed E-state index contributed by atoms with van der Waals surface area (Å²) in [5, 5.41) is 13.3. The lowest BCUT2D eigenvalue weighted by molar-refractivity contribution is 0.0763. The van der Waals surface area contributed by atoms with Crippen LogP contribution in [0.25, 0.3) is 0 Å². The molecule has 2 unspecified atom stereocenters. The number of nitrogens with one attached hydrogen (secondary N) is 1. The third-order valence-electron chi connectivity index (χ3n) is 3.13. The summed E-state index contributed by atoms with van der Waals surface area (Å²) in [6.45, 7) is 0.688. The predicted molar refractivity (Wildman–Crippen MR) is 67.9 cm³/mol. The summed E-state index contributed by atoms with van der Waals surface area (Å²) < 4.78 is 0. The molecule has 0 radical (unpaired) electrons. The highest BCUT2D eigenvalue weighted by atomic mass is 35.5. The number of nitrogens with two attached hydrogens (primary N) is 1. The van der Waals surface area contributed by atoms with Crippen LogP contribution in [0.1, 0.15) is 25.7 Å². The van der Waals surface area contributed by atoms with Crippen LogP contribution in [-0.4, -0.2) is 27.7 Å². The second kappa shape index (κ2) is 5.51. The molecule has 1 aromatic rings. The monoisotopic (exact) mass is 256 g/mol. The molecule has 0 spiro atoms. The molecule has 1 aromatic heterocycles. The Morgan fingerprint density at radius 1 is 1.41 bits per heavy atom. The molecule has 0 saturated heterocycles. The molecule has 17 heavy (non-hydrogen) atoms. The van der Waals surface area contributed by atoms with Gasteiger partial charge in [0, 0.05) is 18.5 Å². The van der Waals surface area contributed by atoms with Gasteiger partial charge >= 0.3 is 0 Å². The van der Waals surface area contributed by atoms with E-state index in [1.54, 1.807) is 6.07 Å². The van der Waals surface area contributed by atoms with Gasteiger partial charge in [-0.3, -0.25) is 0 Å². The van der Waals surface area contributed by atoms with Gasteiger partial charge in [0.1, 0.15) is 11.0 Å². The molecule has 1 aliphatic rings. The van der Waals surface area contributed by atoms with Crippen LogP contribution in [0.5, 0.6) is 0 Å². The summed E-state index contributed by atoms with van der Waals surface area (Å²) in [5.41, 5.74) is 5.50. The molecule has 1 fully saturated rings. The van der Waals surface area contributed by atoms with Gasteiger partial charge in [-0.05, 0) is 12.8 Å². The summed E-state index contributed by atoms with van der Waals surface area (Å²) in [6, 6.07) is 1.63. The SMILES string of the molecule is Nc1nc(Cl)cc(NCC2CCCCC2O)n1. The number of hydrogen-bond donors (Lipinski definition) is 3. The minimum Gasteiger partial charge on any atom is -0.393 e. The van der Waals surface area contributed by atoms with Crippen LogP contribution in [0, 0.1) is 5.92 Å². The van der Waals surface area contributed by atoms with E-state index < -0.39 is 0 Å². The van der Waals surface area contributed by atoms with E-state index in [2.05, 4.69) is 15.3 Å². The zero-order valence-corrected chi connectivity index (χ0v) is 10.3. The van der Waals surface area contributed by atoms with Crippen molar-refractivity contribution in [3.8, 4) is 0 Å². The number of aliphatic hydroxyl groups excluding tert-OH is 1. The first kappa shape index (κ1) is 12.4. The molecule has 6 heteroatoms. The van der Waals surface area contributed by atoms with Crippen LogP contribution in [-0.2, 0) is 0 Å². The molecular weight excluding hydrogens is 240 g/mol. The van der Waals surface area contributed by atoms with Gasteiger partial charge in [0.15, 0.2) is 0 Å². The molecule has 1 saturated carbocycles. The van der Waals surface area contributed by atoms with Gasteiger partial charge in [-0.15, -0.1) is 0 Å². The van der Waals surface area contributed by atoms with Crippen molar-refractivity contribution >= 4 is 23.4 Å². The van der Waals surface area contributed by atoms with E-state index in [4.69, 9.17) is 17.3 Å². The average molecular weight is 257 g/mol. The molecule has 2 rings (SSSR count). The molecule has 1 aliphatic carbocycles. The first-order valence-electron chi connectivity index (χ1n) is 5.87. The molecule has 0 amide bonds. The molecule has 0 bridgehead atoms. The highest BCUT2D eigenvalue weighted by Crippen LogP contribution is 2.24. The van der Waals surface area contributed by atoms with Crippen molar-refractivity contribution in [3.05, 3.63) is 11.2 Å². The fraction of sp³-hybridized carbons (Fsp3) is 0.636. The van der Waals surface area contributed by atoms with E-state index in [1.165, 1.54) is 6.42 Å². The summed E-state index contributed by atoms with van der Waals surface area (Å²) in [5.74, 6) is 1.04. The third-order valence-corrected chi connectivity index (χ3v) is 3.32. The largest absolute Gasteiger partial charge is 0.393 e. The smallest absolute Gasteiger partial charge is 0.223 e. The van der Waals surface area contributed by atoms with Crippen molar-refractivity contribution in [1.29, 1.82) is 0 Å². The Bertz CT molecular complexity index is 367. The Morgan fingerprint density at radius 3 is 2.88 bits per heavy atom. The lowest BCUT2D eigenvalue weighted by Gasteiger charge is -2.27. The van der Waals surface area contributed by atoms with E-state index in [9.17, 15) is 5.11 Å². The van der Waals surface area contributed by atoms with Gasteiger partial charge in [-0.1, -0.05) is 24.4 Å². The molecule has 0 aromatic carbocycles. The molecule has 2 atom stereocenters. The fourth-order valence-electron chi connectivity index (χ4n) is 2.19. The molecule has 0 aliphatic heterocycles. The number of halogens is 1. The zero-order valence-electron chi connectivity index (χ0n) is 9.56. The van der Waals surface area contributed by atoms with E-state index in [-0.39, 0.29) is 18.0 Å². The van der Waals surface area contributed by atoms with E-state index in [1.807, 2.05) is 0 Å². The third kappa shape index (κ3) is 3.44. The molecule has 94 valence electrons. The van der Waals surface area contributed by atoms with Gasteiger partial charge in [0.2, 0.25) is 5.95 Å². The second-order valence-corrected chi connectivity index (χ2v) is 4.81. The first-order chi connectivity index (χ1) is 8.15. The Labute approximate surface area is 105 Å². The van der Waals surface area contributed by atoms with Crippen LogP contribution >= 0.6 is 11.6 Å². The van der Waals surface area contributed by atoms with Crippen molar-refractivity contribution in [1.82, 2.24) is 9.97 Å². The van der Waals surface area contributed by atoms with Crippen LogP contribution < -0.4 is 11.1 Å². The minimum absolute atomic E-state index is 0.157. The van der Waals surface area contributed by atoms with Crippen molar-refractivity contribution in [2.24, 2.45) is 5.92 Å². The van der Waals surface area contributed by atoms with Gasteiger partial charge in [0.05, 0.1) is 6.10 Å². The van der Waals surface area contributed by atoms with Gasteiger partial charge in [-0.2, -0.15) is 4.98 Å². The van der Waals surface area contributed by atoms with Crippen LogP contribution in [0.2, 0.25) is 5.15 Å². The quantitative estimate of drug-likeness (QED) is 0.717. The number of hydrogen-bond acceptors (Lipinski definition) is 5. The summed E-state index contributed by atoms with van der Waals surface area (Å²) in [7, 11) is 0. The Morgan fingerprint density at radius 2 is 2.18 bits per heavy atom. The van der Waals surface area contributed by atoms with Crippen molar-refractivity contribution in [3.63, 3.8) is 0 Å². The summed E-state index contributed by atoms with van der Waals surface area (Å²) in [4.78, 5) is 7.82. The first-order valence-corrected chi connectivity index (χ1v) is 6.25. The van der Waals surface area contributed by atoms with Crippen molar-refractivity contribution < 1.29 is 5.11 Å². The molecular formula is C11H17ClN4O. The van der Waals surface area contributed by atoms with Crippen molar-refractivity contribution in [2.45, 2.75) is 31.8 Å². The number of anilines is 2. The standard InChI is InChI=1S/C11H17ClN4O/c12-9-5-10(16-11(13)15-9)14-6-7-3-1-2-4-8(7)17/h5,7-8,17H,1-4,6H2,(H3,13,14,15,16). The highest BCUT2D eigenvalue weighted by molar-refractivity contribution is 6.29. The van der Waals surface area contributed by atoms with Gasteiger partial charge in [0.25, 0.3) is 0 Å². The number of aliphatic hydroxyl groups is 1. The fourth-order valence-corrected chi connectivity index (χ4v) is 2.38. The minimum atomic E-state index is -0.217. The Balaban J connectivity index is 1.92. The zero-order chi connectivity index (χ0) is 12.3. The maximum atomic E-state index is 9.83. The van der Waals surface area contributed by atoms with E-state index in [0.29, 0.717) is 17.5 Å². The van der Waals surface area contributed by atoms with Crippen LogP contribution in [0.4, 0.5) is 11.8 Å². The summed E-state index contributed by atoms with van der Waals surface area (Å²) in [6.07, 6.45) is 4.01.